The molecule has 7 heteroatoms. The quantitative estimate of drug-likeness (QED) is 0.751. The molecular formula is C13H18ClF2NO2S. The van der Waals surface area contributed by atoms with Crippen LogP contribution in [-0.2, 0) is 15.9 Å². The molecule has 1 rings (SSSR count). The van der Waals surface area contributed by atoms with E-state index in [1.165, 1.54) is 0 Å². The SMILES string of the molecule is CCCN(C(C)C)S(=O)(=O)c1cc(CCl)cc(F)c1F. The number of rotatable bonds is 6. The van der Waals surface area contributed by atoms with Gasteiger partial charge >= 0.3 is 0 Å². The highest BCUT2D eigenvalue weighted by molar-refractivity contribution is 7.89. The molecule has 3 nitrogen and oxygen atoms in total. The Morgan fingerprint density at radius 1 is 1.30 bits per heavy atom. The number of halogens is 3. The maximum absolute atomic E-state index is 13.9. The first kappa shape index (κ1) is 17.3. The lowest BCUT2D eigenvalue weighted by Crippen LogP contribution is -2.38. The zero-order valence-electron chi connectivity index (χ0n) is 11.7. The first-order valence-electron chi connectivity index (χ1n) is 6.31. The number of alkyl halides is 1. The van der Waals surface area contributed by atoms with Crippen LogP contribution < -0.4 is 0 Å². The van der Waals surface area contributed by atoms with Crippen molar-refractivity contribution in [1.82, 2.24) is 4.31 Å². The molecule has 0 atom stereocenters. The third kappa shape index (κ3) is 3.48. The van der Waals surface area contributed by atoms with E-state index < -0.39 is 26.6 Å². The van der Waals surface area contributed by atoms with Crippen LogP contribution in [0.25, 0.3) is 0 Å². The van der Waals surface area contributed by atoms with Crippen LogP contribution in [-0.4, -0.2) is 25.3 Å². The molecule has 0 aliphatic heterocycles. The summed E-state index contributed by atoms with van der Waals surface area (Å²) in [6.45, 7) is 5.43. The van der Waals surface area contributed by atoms with Gasteiger partial charge in [0.2, 0.25) is 10.0 Å². The Morgan fingerprint density at radius 2 is 1.90 bits per heavy atom. The van der Waals surface area contributed by atoms with Crippen LogP contribution in [0.1, 0.15) is 32.8 Å². The van der Waals surface area contributed by atoms with Crippen LogP contribution in [0, 0.1) is 11.6 Å². The summed E-state index contributed by atoms with van der Waals surface area (Å²) in [6, 6.07) is 1.65. The molecule has 0 aliphatic carbocycles. The smallest absolute Gasteiger partial charge is 0.207 e. The lowest BCUT2D eigenvalue weighted by molar-refractivity contribution is 0.350. The van der Waals surface area contributed by atoms with Crippen LogP contribution in [0.5, 0.6) is 0 Å². The summed E-state index contributed by atoms with van der Waals surface area (Å²) in [5.41, 5.74) is 0.226. The maximum Gasteiger partial charge on any atom is 0.246 e. The number of benzene rings is 1. The Morgan fingerprint density at radius 3 is 2.35 bits per heavy atom. The standard InChI is InChI=1S/C13H18ClF2NO2S/c1-4-5-17(9(2)3)20(18,19)12-7-10(8-14)6-11(15)13(12)16/h6-7,9H,4-5,8H2,1-3H3. The van der Waals surface area contributed by atoms with Crippen LogP contribution in [0.2, 0.25) is 0 Å². The van der Waals surface area contributed by atoms with Crippen LogP contribution >= 0.6 is 11.6 Å². The predicted octanol–water partition coefficient (Wildman–Crippen LogP) is 3.51. The second kappa shape index (κ2) is 6.83. The van der Waals surface area contributed by atoms with Crippen LogP contribution in [0.15, 0.2) is 17.0 Å². The van der Waals surface area contributed by atoms with E-state index in [0.717, 1.165) is 16.4 Å². The van der Waals surface area contributed by atoms with E-state index in [4.69, 9.17) is 11.6 Å². The van der Waals surface area contributed by atoms with Gasteiger partial charge in [-0.3, -0.25) is 0 Å². The van der Waals surface area contributed by atoms with Gasteiger partial charge in [-0.15, -0.1) is 11.6 Å². The molecule has 20 heavy (non-hydrogen) atoms. The molecular weight excluding hydrogens is 308 g/mol. The van der Waals surface area contributed by atoms with Gasteiger partial charge < -0.3 is 0 Å². The van der Waals surface area contributed by atoms with Crippen LogP contribution in [0.4, 0.5) is 8.78 Å². The summed E-state index contributed by atoms with van der Waals surface area (Å²) in [5, 5.41) is 0. The summed E-state index contributed by atoms with van der Waals surface area (Å²) in [7, 11) is -4.09. The Hall–Kier alpha value is -0.720. The zero-order chi connectivity index (χ0) is 15.5. The highest BCUT2D eigenvalue weighted by Gasteiger charge is 2.30. The van der Waals surface area contributed by atoms with Crippen molar-refractivity contribution in [3.8, 4) is 0 Å². The maximum atomic E-state index is 13.9. The third-order valence-corrected chi connectivity index (χ3v) is 5.20. The molecule has 0 bridgehead atoms. The van der Waals surface area contributed by atoms with Crippen LogP contribution in [0.3, 0.4) is 0 Å². The van der Waals surface area contributed by atoms with E-state index in [2.05, 4.69) is 0 Å². The monoisotopic (exact) mass is 325 g/mol. The molecule has 0 aromatic heterocycles. The number of nitrogens with zero attached hydrogens (tertiary/aromatic N) is 1. The van der Waals surface area contributed by atoms with Crippen molar-refractivity contribution in [2.45, 2.75) is 44.0 Å². The average molecular weight is 326 g/mol. The van der Waals surface area contributed by atoms with Gasteiger partial charge in [0.1, 0.15) is 4.90 Å². The molecule has 0 aliphatic rings. The third-order valence-electron chi connectivity index (χ3n) is 2.82. The Balaban J connectivity index is 3.44. The van der Waals surface area contributed by atoms with Gasteiger partial charge in [-0.2, -0.15) is 4.31 Å². The summed E-state index contributed by atoms with van der Waals surface area (Å²) in [5.74, 6) is -2.66. The molecule has 0 radical (unpaired) electrons. The van der Waals surface area contributed by atoms with Gasteiger partial charge in [0.25, 0.3) is 0 Å². The minimum atomic E-state index is -4.09. The first-order chi connectivity index (χ1) is 9.25. The molecule has 1 aromatic carbocycles. The fourth-order valence-electron chi connectivity index (χ4n) is 1.88. The fourth-order valence-corrected chi connectivity index (χ4v) is 3.89. The number of hydrogen-bond acceptors (Lipinski definition) is 2. The highest BCUT2D eigenvalue weighted by Crippen LogP contribution is 2.25. The van der Waals surface area contributed by atoms with Gasteiger partial charge in [0.05, 0.1) is 0 Å². The van der Waals surface area contributed by atoms with Gasteiger partial charge in [-0.05, 0) is 38.0 Å². The summed E-state index contributed by atoms with van der Waals surface area (Å²) < 4.78 is 53.5. The van der Waals surface area contributed by atoms with E-state index in [0.29, 0.717) is 6.42 Å². The molecule has 114 valence electrons. The Labute approximate surface area is 123 Å². The van der Waals surface area contributed by atoms with Gasteiger partial charge in [0.15, 0.2) is 11.6 Å². The second-order valence-corrected chi connectivity index (χ2v) is 6.86. The van der Waals surface area contributed by atoms with E-state index in [9.17, 15) is 17.2 Å². The second-order valence-electron chi connectivity index (χ2n) is 4.73. The molecule has 0 fully saturated rings. The molecule has 0 amide bonds. The lowest BCUT2D eigenvalue weighted by Gasteiger charge is -2.25. The largest absolute Gasteiger partial charge is 0.246 e. The van der Waals surface area contributed by atoms with Crippen molar-refractivity contribution in [2.75, 3.05) is 6.54 Å². The molecule has 1 aromatic rings. The van der Waals surface area contributed by atoms with E-state index >= 15 is 0 Å². The van der Waals surface area contributed by atoms with E-state index in [-0.39, 0.29) is 24.0 Å². The first-order valence-corrected chi connectivity index (χ1v) is 8.28. The van der Waals surface area contributed by atoms with Crippen molar-refractivity contribution >= 4 is 21.6 Å². The topological polar surface area (TPSA) is 37.4 Å². The van der Waals surface area contributed by atoms with Crippen molar-refractivity contribution in [1.29, 1.82) is 0 Å². The van der Waals surface area contributed by atoms with Crippen molar-refractivity contribution in [3.05, 3.63) is 29.3 Å². The number of sulfonamides is 1. The molecule has 0 saturated heterocycles. The normalized spacial score (nSPS) is 12.4. The lowest BCUT2D eigenvalue weighted by atomic mass is 10.2. The molecule has 0 saturated carbocycles. The average Bonchev–Trinajstić information content (AvgIpc) is 2.37. The molecule has 0 unspecified atom stereocenters. The fraction of sp³-hybridized carbons (Fsp3) is 0.538. The Kier molecular flexibility index (Phi) is 5.91. The molecule has 0 N–H and O–H groups in total. The highest BCUT2D eigenvalue weighted by atomic mass is 35.5. The minimum Gasteiger partial charge on any atom is -0.207 e. The van der Waals surface area contributed by atoms with E-state index in [1.54, 1.807) is 13.8 Å². The summed E-state index contributed by atoms with van der Waals surface area (Å²) in [6.07, 6.45) is 0.580. The predicted molar refractivity (Wildman–Crippen MR) is 75.2 cm³/mol. The van der Waals surface area contributed by atoms with E-state index in [1.807, 2.05) is 6.92 Å². The molecule has 0 spiro atoms. The zero-order valence-corrected chi connectivity index (χ0v) is 13.2. The van der Waals surface area contributed by atoms with Crippen molar-refractivity contribution in [3.63, 3.8) is 0 Å². The Bertz CT molecular complexity index is 576. The van der Waals surface area contributed by atoms with Gasteiger partial charge in [0, 0.05) is 18.5 Å². The minimum absolute atomic E-state index is 0.0881. The number of hydrogen-bond donors (Lipinski definition) is 0. The van der Waals surface area contributed by atoms with Gasteiger partial charge in [-0.1, -0.05) is 6.92 Å². The van der Waals surface area contributed by atoms with Gasteiger partial charge in [-0.25, -0.2) is 17.2 Å². The van der Waals surface area contributed by atoms with Crippen molar-refractivity contribution < 1.29 is 17.2 Å². The summed E-state index contributed by atoms with van der Waals surface area (Å²) >= 11 is 5.58. The summed E-state index contributed by atoms with van der Waals surface area (Å²) in [4.78, 5) is -0.657. The molecule has 0 heterocycles. The van der Waals surface area contributed by atoms with Crippen molar-refractivity contribution in [2.24, 2.45) is 0 Å².